The number of carbonyl (C=O) groups excluding carboxylic acids is 1. The smallest absolute Gasteiger partial charge is 0.237 e. The van der Waals surface area contributed by atoms with Crippen LogP contribution in [0.4, 0.5) is 0 Å². The normalized spacial score (nSPS) is 28.5. The molecule has 1 heterocycles. The highest BCUT2D eigenvalue weighted by Crippen LogP contribution is 2.35. The molecular weight excluding hydrogens is 228 g/mol. The fraction of sp³-hybridized carbons (Fsp3) is 0.692. The van der Waals surface area contributed by atoms with Gasteiger partial charge < -0.3 is 15.6 Å². The van der Waals surface area contributed by atoms with E-state index in [2.05, 4.69) is 14.9 Å². The maximum Gasteiger partial charge on any atom is 0.237 e. The van der Waals surface area contributed by atoms with Crippen LogP contribution >= 0.6 is 0 Å². The lowest BCUT2D eigenvalue weighted by Crippen LogP contribution is -2.59. The molecule has 0 radical (unpaired) electrons. The van der Waals surface area contributed by atoms with Crippen LogP contribution in [0.3, 0.4) is 0 Å². The summed E-state index contributed by atoms with van der Waals surface area (Å²) in [5.41, 5.74) is 5.07. The molecule has 1 aromatic rings. The third-order valence-corrected chi connectivity index (χ3v) is 3.71. The van der Waals surface area contributed by atoms with Gasteiger partial charge in [-0.2, -0.15) is 0 Å². The molecule has 2 rings (SSSR count). The number of hydrogen-bond donors (Lipinski definition) is 2. The van der Waals surface area contributed by atoms with E-state index < -0.39 is 5.54 Å². The van der Waals surface area contributed by atoms with Gasteiger partial charge in [0.1, 0.15) is 0 Å². The number of nitrogens with one attached hydrogen (secondary N) is 1. The quantitative estimate of drug-likeness (QED) is 0.844. The Morgan fingerprint density at radius 1 is 1.61 bits per heavy atom. The Morgan fingerprint density at radius 3 is 2.94 bits per heavy atom. The minimum atomic E-state index is -0.568. The highest BCUT2D eigenvalue weighted by atomic mass is 16.1. The van der Waals surface area contributed by atoms with E-state index in [1.165, 1.54) is 0 Å². The Bertz CT molecular complexity index is 401. The molecule has 1 aliphatic rings. The Kier molecular flexibility index (Phi) is 3.71. The van der Waals surface area contributed by atoms with Crippen LogP contribution in [0.1, 0.15) is 45.6 Å². The number of rotatable bonds is 4. The van der Waals surface area contributed by atoms with Crippen molar-refractivity contribution in [3.8, 4) is 0 Å². The second kappa shape index (κ2) is 5.10. The van der Waals surface area contributed by atoms with E-state index in [1.807, 2.05) is 26.4 Å². The molecule has 1 fully saturated rings. The summed E-state index contributed by atoms with van der Waals surface area (Å²) in [6.07, 6.45) is 9.20. The van der Waals surface area contributed by atoms with Crippen molar-refractivity contribution in [2.45, 2.75) is 57.2 Å². The molecule has 5 nitrogen and oxygen atoms in total. The molecule has 5 heteroatoms. The second-order valence-electron chi connectivity index (χ2n) is 5.51. The number of imidazole rings is 1. The summed E-state index contributed by atoms with van der Waals surface area (Å²) in [4.78, 5) is 15.9. The summed E-state index contributed by atoms with van der Waals surface area (Å²) in [6.45, 7) is 4.09. The fourth-order valence-corrected chi connectivity index (χ4v) is 2.96. The van der Waals surface area contributed by atoms with Gasteiger partial charge in [-0.05, 0) is 39.5 Å². The van der Waals surface area contributed by atoms with Crippen LogP contribution in [-0.4, -0.2) is 27.0 Å². The highest BCUT2D eigenvalue weighted by Gasteiger charge is 2.42. The molecule has 1 aromatic heterocycles. The third kappa shape index (κ3) is 2.56. The van der Waals surface area contributed by atoms with Crippen molar-refractivity contribution in [1.82, 2.24) is 14.9 Å². The first-order valence-corrected chi connectivity index (χ1v) is 6.58. The minimum absolute atomic E-state index is 0.235. The molecule has 2 unspecified atom stereocenters. The monoisotopic (exact) mass is 250 g/mol. The predicted octanol–water partition coefficient (Wildman–Crippen LogP) is 1.22. The Morgan fingerprint density at radius 2 is 2.39 bits per heavy atom. The summed E-state index contributed by atoms with van der Waals surface area (Å²) in [5.74, 6) is -0.235. The second-order valence-corrected chi connectivity index (χ2v) is 5.51. The van der Waals surface area contributed by atoms with Crippen molar-refractivity contribution >= 4 is 5.91 Å². The van der Waals surface area contributed by atoms with Gasteiger partial charge in [-0.15, -0.1) is 0 Å². The van der Waals surface area contributed by atoms with Gasteiger partial charge >= 0.3 is 0 Å². The molecule has 0 spiro atoms. The number of amides is 1. The maximum absolute atomic E-state index is 11.9. The van der Waals surface area contributed by atoms with E-state index in [0.717, 1.165) is 25.7 Å². The van der Waals surface area contributed by atoms with Crippen molar-refractivity contribution in [3.05, 3.63) is 18.7 Å². The van der Waals surface area contributed by atoms with Crippen molar-refractivity contribution in [3.63, 3.8) is 0 Å². The molecule has 0 aromatic carbocycles. The molecule has 0 saturated heterocycles. The lowest BCUT2D eigenvalue weighted by Gasteiger charge is -2.40. The first-order chi connectivity index (χ1) is 8.53. The van der Waals surface area contributed by atoms with Crippen LogP contribution in [0.25, 0.3) is 0 Å². The van der Waals surface area contributed by atoms with Crippen LogP contribution in [0.2, 0.25) is 0 Å². The first kappa shape index (κ1) is 13.1. The summed E-state index contributed by atoms with van der Waals surface area (Å²) in [5, 5.41) is 3.38. The third-order valence-electron chi connectivity index (χ3n) is 3.71. The van der Waals surface area contributed by atoms with E-state index in [9.17, 15) is 4.79 Å². The Balaban J connectivity index is 2.18. The van der Waals surface area contributed by atoms with Crippen LogP contribution in [-0.2, 0) is 4.79 Å². The Labute approximate surface area is 108 Å². The van der Waals surface area contributed by atoms with Crippen molar-refractivity contribution in [2.24, 2.45) is 5.73 Å². The molecule has 2 atom stereocenters. The molecule has 18 heavy (non-hydrogen) atoms. The van der Waals surface area contributed by atoms with Gasteiger partial charge in [-0.3, -0.25) is 4.79 Å². The maximum atomic E-state index is 11.9. The minimum Gasteiger partial charge on any atom is -0.368 e. The number of nitrogens with zero attached hydrogens (tertiary/aromatic N) is 2. The largest absolute Gasteiger partial charge is 0.368 e. The summed E-state index contributed by atoms with van der Waals surface area (Å²) >= 11 is 0. The summed E-state index contributed by atoms with van der Waals surface area (Å²) < 4.78 is 2.08. The standard InChI is InChI=1S/C13H22N4O/c1-10(2)16-13(12(14)18)5-3-4-11(8-13)17-7-6-15-9-17/h6-7,9-11,16H,3-5,8H2,1-2H3,(H2,14,18). The molecule has 1 saturated carbocycles. The van der Waals surface area contributed by atoms with Gasteiger partial charge in [0.05, 0.1) is 11.9 Å². The average Bonchev–Trinajstić information content (AvgIpc) is 2.81. The van der Waals surface area contributed by atoms with E-state index in [4.69, 9.17) is 5.73 Å². The Hall–Kier alpha value is -1.36. The molecule has 3 N–H and O–H groups in total. The molecule has 100 valence electrons. The van der Waals surface area contributed by atoms with E-state index in [0.29, 0.717) is 6.04 Å². The summed E-state index contributed by atoms with van der Waals surface area (Å²) in [6, 6.07) is 0.555. The van der Waals surface area contributed by atoms with Gasteiger partial charge in [0.15, 0.2) is 0 Å². The van der Waals surface area contributed by atoms with E-state index in [1.54, 1.807) is 6.20 Å². The zero-order chi connectivity index (χ0) is 13.2. The van der Waals surface area contributed by atoms with Crippen molar-refractivity contribution < 1.29 is 4.79 Å². The number of primary amides is 1. The number of aromatic nitrogens is 2. The number of hydrogen-bond acceptors (Lipinski definition) is 3. The van der Waals surface area contributed by atoms with Gasteiger partial charge in [-0.1, -0.05) is 0 Å². The molecular formula is C13H22N4O. The van der Waals surface area contributed by atoms with Crippen molar-refractivity contribution in [2.75, 3.05) is 0 Å². The van der Waals surface area contributed by atoms with Gasteiger partial charge in [0.2, 0.25) is 5.91 Å². The first-order valence-electron chi connectivity index (χ1n) is 6.58. The van der Waals surface area contributed by atoms with Crippen LogP contribution in [0.5, 0.6) is 0 Å². The molecule has 0 bridgehead atoms. The average molecular weight is 250 g/mol. The zero-order valence-corrected chi connectivity index (χ0v) is 11.1. The molecule has 1 aliphatic carbocycles. The summed E-state index contributed by atoms with van der Waals surface area (Å²) in [7, 11) is 0. The SMILES string of the molecule is CC(C)NC1(C(N)=O)CCCC(n2ccnc2)C1. The van der Waals surface area contributed by atoms with Crippen LogP contribution in [0.15, 0.2) is 18.7 Å². The molecule has 0 aliphatic heterocycles. The van der Waals surface area contributed by atoms with Gasteiger partial charge in [0, 0.05) is 24.5 Å². The van der Waals surface area contributed by atoms with Crippen LogP contribution < -0.4 is 11.1 Å². The van der Waals surface area contributed by atoms with Gasteiger partial charge in [-0.25, -0.2) is 4.98 Å². The topological polar surface area (TPSA) is 72.9 Å². The lowest BCUT2D eigenvalue weighted by atomic mass is 9.78. The number of carbonyl (C=O) groups is 1. The predicted molar refractivity (Wildman–Crippen MR) is 69.9 cm³/mol. The van der Waals surface area contributed by atoms with Crippen molar-refractivity contribution in [1.29, 1.82) is 0 Å². The van der Waals surface area contributed by atoms with E-state index >= 15 is 0 Å². The lowest BCUT2D eigenvalue weighted by molar-refractivity contribution is -0.126. The van der Waals surface area contributed by atoms with E-state index in [-0.39, 0.29) is 11.9 Å². The van der Waals surface area contributed by atoms with Crippen LogP contribution in [0, 0.1) is 0 Å². The fourth-order valence-electron chi connectivity index (χ4n) is 2.96. The highest BCUT2D eigenvalue weighted by molar-refractivity contribution is 5.84. The van der Waals surface area contributed by atoms with Gasteiger partial charge in [0.25, 0.3) is 0 Å². The molecule has 1 amide bonds. The zero-order valence-electron chi connectivity index (χ0n) is 11.1. The number of nitrogens with two attached hydrogens (primary N) is 1.